The molecule has 1 aromatic rings. The van der Waals surface area contributed by atoms with Gasteiger partial charge in [-0.3, -0.25) is 4.90 Å². The molecule has 0 unspecified atom stereocenters. The van der Waals surface area contributed by atoms with E-state index in [1.807, 2.05) is 12.3 Å². The van der Waals surface area contributed by atoms with E-state index in [2.05, 4.69) is 26.6 Å². The van der Waals surface area contributed by atoms with E-state index in [4.69, 9.17) is 9.72 Å². The fourth-order valence-corrected chi connectivity index (χ4v) is 2.88. The van der Waals surface area contributed by atoms with E-state index >= 15 is 0 Å². The molecule has 0 atom stereocenters. The zero-order valence-corrected chi connectivity index (χ0v) is 12.9. The lowest BCUT2D eigenvalue weighted by Gasteiger charge is -2.34. The fourth-order valence-electron chi connectivity index (χ4n) is 2.88. The van der Waals surface area contributed by atoms with Gasteiger partial charge in [0.1, 0.15) is 0 Å². The molecule has 6 heteroatoms. The Bertz CT molecular complexity index is 441. The van der Waals surface area contributed by atoms with Crippen molar-refractivity contribution in [3.63, 3.8) is 0 Å². The van der Waals surface area contributed by atoms with Gasteiger partial charge in [0.15, 0.2) is 0 Å². The van der Waals surface area contributed by atoms with Crippen molar-refractivity contribution in [3.8, 4) is 0 Å². The molecule has 2 aliphatic heterocycles. The topological polar surface area (TPSA) is 44.7 Å². The van der Waals surface area contributed by atoms with Gasteiger partial charge in [0, 0.05) is 52.0 Å². The first kappa shape index (κ1) is 14.7. The maximum Gasteiger partial charge on any atom is 0.225 e. The maximum atomic E-state index is 5.38. The van der Waals surface area contributed by atoms with Gasteiger partial charge in [-0.15, -0.1) is 0 Å². The van der Waals surface area contributed by atoms with Gasteiger partial charge in [0.05, 0.1) is 18.9 Å². The summed E-state index contributed by atoms with van der Waals surface area (Å²) in [5.74, 6) is 0.850. The number of morpholine rings is 1. The quantitative estimate of drug-likeness (QED) is 0.803. The van der Waals surface area contributed by atoms with Gasteiger partial charge in [-0.25, -0.2) is 9.97 Å². The van der Waals surface area contributed by atoms with Crippen molar-refractivity contribution in [2.75, 3.05) is 63.9 Å². The Hall–Kier alpha value is -1.24. The number of anilines is 1. The van der Waals surface area contributed by atoms with Gasteiger partial charge in [-0.1, -0.05) is 6.92 Å². The van der Waals surface area contributed by atoms with Crippen molar-refractivity contribution in [2.45, 2.75) is 13.5 Å². The zero-order valence-electron chi connectivity index (χ0n) is 12.9. The van der Waals surface area contributed by atoms with Gasteiger partial charge < -0.3 is 14.5 Å². The molecule has 0 saturated carbocycles. The van der Waals surface area contributed by atoms with Crippen molar-refractivity contribution < 1.29 is 4.74 Å². The molecule has 0 spiro atoms. The molecule has 0 aromatic carbocycles. The van der Waals surface area contributed by atoms with Crippen LogP contribution in [0.5, 0.6) is 0 Å². The highest BCUT2D eigenvalue weighted by Gasteiger charge is 2.17. The molecule has 21 heavy (non-hydrogen) atoms. The fraction of sp³-hybridized carbons (Fsp3) is 0.733. The van der Waals surface area contributed by atoms with Crippen LogP contribution in [0, 0.1) is 0 Å². The lowest BCUT2D eigenvalue weighted by Crippen LogP contribution is -2.45. The average molecular weight is 291 g/mol. The second kappa shape index (κ2) is 7.15. The lowest BCUT2D eigenvalue weighted by atomic mass is 10.3. The van der Waals surface area contributed by atoms with Crippen LogP contribution < -0.4 is 4.90 Å². The molecule has 0 radical (unpaired) electrons. The molecule has 0 amide bonds. The van der Waals surface area contributed by atoms with Crippen molar-refractivity contribution in [3.05, 3.63) is 18.0 Å². The second-order valence-electron chi connectivity index (χ2n) is 5.66. The third-order valence-corrected chi connectivity index (χ3v) is 4.29. The van der Waals surface area contributed by atoms with Crippen LogP contribution in [0.4, 0.5) is 5.95 Å². The van der Waals surface area contributed by atoms with E-state index < -0.39 is 0 Å². The van der Waals surface area contributed by atoms with E-state index in [9.17, 15) is 0 Å². The zero-order chi connectivity index (χ0) is 14.5. The SMILES string of the molecule is CCN1CCN(Cc2ccnc(N3CCOCC3)n2)CC1. The molecule has 2 saturated heterocycles. The molecule has 0 bridgehead atoms. The average Bonchev–Trinajstić information content (AvgIpc) is 2.57. The summed E-state index contributed by atoms with van der Waals surface area (Å²) in [7, 11) is 0. The van der Waals surface area contributed by atoms with Gasteiger partial charge in [0.2, 0.25) is 5.95 Å². The van der Waals surface area contributed by atoms with Crippen LogP contribution in [0.2, 0.25) is 0 Å². The van der Waals surface area contributed by atoms with Gasteiger partial charge in [-0.2, -0.15) is 0 Å². The minimum Gasteiger partial charge on any atom is -0.378 e. The minimum atomic E-state index is 0.770. The van der Waals surface area contributed by atoms with Crippen LogP contribution in [-0.2, 0) is 11.3 Å². The first-order valence-corrected chi connectivity index (χ1v) is 7.94. The molecule has 116 valence electrons. The summed E-state index contributed by atoms with van der Waals surface area (Å²) in [6.07, 6.45) is 1.88. The van der Waals surface area contributed by atoms with Gasteiger partial charge >= 0.3 is 0 Å². The first-order valence-electron chi connectivity index (χ1n) is 7.94. The molecular formula is C15H25N5O. The lowest BCUT2D eigenvalue weighted by molar-refractivity contribution is 0.121. The van der Waals surface area contributed by atoms with Crippen LogP contribution in [-0.4, -0.2) is 78.8 Å². The number of piperazine rings is 1. The predicted octanol–water partition coefficient (Wildman–Crippen LogP) is 0.451. The molecule has 2 fully saturated rings. The molecule has 3 heterocycles. The number of hydrogen-bond acceptors (Lipinski definition) is 6. The van der Waals surface area contributed by atoms with Crippen molar-refractivity contribution >= 4 is 5.95 Å². The van der Waals surface area contributed by atoms with E-state index in [1.165, 1.54) is 0 Å². The number of rotatable bonds is 4. The first-order chi connectivity index (χ1) is 10.3. The summed E-state index contributed by atoms with van der Waals surface area (Å²) in [6.45, 7) is 12.2. The van der Waals surface area contributed by atoms with E-state index in [0.29, 0.717) is 0 Å². The smallest absolute Gasteiger partial charge is 0.225 e. The summed E-state index contributed by atoms with van der Waals surface area (Å²) in [4.78, 5) is 16.3. The van der Waals surface area contributed by atoms with Crippen molar-refractivity contribution in [1.82, 2.24) is 19.8 Å². The third-order valence-electron chi connectivity index (χ3n) is 4.29. The standard InChI is InChI=1S/C15H25N5O/c1-2-18-5-7-19(8-6-18)13-14-3-4-16-15(17-14)20-9-11-21-12-10-20/h3-4H,2,5-13H2,1H3. The molecule has 3 rings (SSSR count). The highest BCUT2D eigenvalue weighted by atomic mass is 16.5. The largest absolute Gasteiger partial charge is 0.378 e. The number of ether oxygens (including phenoxy) is 1. The highest BCUT2D eigenvalue weighted by Crippen LogP contribution is 2.12. The summed E-state index contributed by atoms with van der Waals surface area (Å²) < 4.78 is 5.38. The molecule has 0 N–H and O–H groups in total. The monoisotopic (exact) mass is 291 g/mol. The van der Waals surface area contributed by atoms with Crippen molar-refractivity contribution in [2.24, 2.45) is 0 Å². The van der Waals surface area contributed by atoms with E-state index in [0.717, 1.165) is 77.2 Å². The summed E-state index contributed by atoms with van der Waals surface area (Å²) in [5, 5.41) is 0. The van der Waals surface area contributed by atoms with Gasteiger partial charge in [0.25, 0.3) is 0 Å². The van der Waals surface area contributed by atoms with Crippen LogP contribution in [0.1, 0.15) is 12.6 Å². The van der Waals surface area contributed by atoms with Crippen LogP contribution in [0.25, 0.3) is 0 Å². The van der Waals surface area contributed by atoms with Crippen LogP contribution in [0.3, 0.4) is 0 Å². The summed E-state index contributed by atoms with van der Waals surface area (Å²) in [5.41, 5.74) is 1.12. The maximum absolute atomic E-state index is 5.38. The Morgan fingerprint density at radius 1 is 1.05 bits per heavy atom. The molecule has 1 aromatic heterocycles. The molecular weight excluding hydrogens is 266 g/mol. The Labute approximate surface area is 126 Å². The van der Waals surface area contributed by atoms with Crippen LogP contribution in [0.15, 0.2) is 12.3 Å². The number of aromatic nitrogens is 2. The molecule has 2 aliphatic rings. The number of likely N-dealkylation sites (N-methyl/N-ethyl adjacent to an activating group) is 1. The highest BCUT2D eigenvalue weighted by molar-refractivity contribution is 5.30. The van der Waals surface area contributed by atoms with Gasteiger partial charge in [-0.05, 0) is 12.6 Å². The number of hydrogen-bond donors (Lipinski definition) is 0. The van der Waals surface area contributed by atoms with Crippen LogP contribution >= 0.6 is 0 Å². The van der Waals surface area contributed by atoms with E-state index in [-0.39, 0.29) is 0 Å². The van der Waals surface area contributed by atoms with E-state index in [1.54, 1.807) is 0 Å². The normalized spacial score (nSPS) is 21.7. The Kier molecular flexibility index (Phi) is 5.00. The van der Waals surface area contributed by atoms with Crippen molar-refractivity contribution in [1.29, 1.82) is 0 Å². The third kappa shape index (κ3) is 3.90. The minimum absolute atomic E-state index is 0.770. The Morgan fingerprint density at radius 3 is 2.48 bits per heavy atom. The molecule has 0 aliphatic carbocycles. The number of nitrogens with zero attached hydrogens (tertiary/aromatic N) is 5. The Morgan fingerprint density at radius 2 is 1.76 bits per heavy atom. The summed E-state index contributed by atoms with van der Waals surface area (Å²) in [6, 6.07) is 2.04. The Balaban J connectivity index is 1.58. The summed E-state index contributed by atoms with van der Waals surface area (Å²) >= 11 is 0. The predicted molar refractivity (Wildman–Crippen MR) is 82.5 cm³/mol. The molecule has 6 nitrogen and oxygen atoms in total. The second-order valence-corrected chi connectivity index (χ2v) is 5.66.